The van der Waals surface area contributed by atoms with Crippen LogP contribution in [0, 0.1) is 11.6 Å². The molecule has 8 heteroatoms. The van der Waals surface area contributed by atoms with Gasteiger partial charge in [-0.15, -0.1) is 0 Å². The van der Waals surface area contributed by atoms with Crippen molar-refractivity contribution in [3.8, 4) is 16.9 Å². The second-order valence-electron chi connectivity index (χ2n) is 5.96. The first-order chi connectivity index (χ1) is 13.9. The molecule has 29 heavy (non-hydrogen) atoms. The Morgan fingerprint density at radius 3 is 2.45 bits per heavy atom. The highest BCUT2D eigenvalue weighted by molar-refractivity contribution is 6.10. The number of benzene rings is 2. The average molecular weight is 398 g/mol. The number of rotatable bonds is 6. The fraction of sp³-hybridized carbons (Fsp3) is 0.0952. The number of carboxylic acid groups (broad SMARTS) is 1. The maximum Gasteiger partial charge on any atom is 0.338 e. The van der Waals surface area contributed by atoms with Gasteiger partial charge < -0.3 is 15.2 Å². The Kier molecular flexibility index (Phi) is 5.82. The summed E-state index contributed by atoms with van der Waals surface area (Å²) >= 11 is 0. The second-order valence-corrected chi connectivity index (χ2v) is 5.96. The first-order valence-corrected chi connectivity index (χ1v) is 8.61. The fourth-order valence-electron chi connectivity index (χ4n) is 2.74. The third-order valence-electron chi connectivity index (χ3n) is 4.06. The van der Waals surface area contributed by atoms with Gasteiger partial charge in [0.25, 0.3) is 5.91 Å². The van der Waals surface area contributed by atoms with Gasteiger partial charge in [-0.2, -0.15) is 0 Å². The van der Waals surface area contributed by atoms with Crippen LogP contribution in [0.15, 0.2) is 54.9 Å². The van der Waals surface area contributed by atoms with Crippen LogP contribution < -0.4 is 10.1 Å². The lowest BCUT2D eigenvalue weighted by Gasteiger charge is -2.12. The monoisotopic (exact) mass is 398 g/mol. The summed E-state index contributed by atoms with van der Waals surface area (Å²) in [6, 6.07) is 10.0. The van der Waals surface area contributed by atoms with E-state index in [9.17, 15) is 18.4 Å². The summed E-state index contributed by atoms with van der Waals surface area (Å²) in [5, 5.41) is 11.2. The third-order valence-corrected chi connectivity index (χ3v) is 4.06. The van der Waals surface area contributed by atoms with E-state index < -0.39 is 29.2 Å². The molecule has 0 saturated heterocycles. The Balaban J connectivity index is 1.92. The van der Waals surface area contributed by atoms with Gasteiger partial charge in [0.1, 0.15) is 23.1 Å². The van der Waals surface area contributed by atoms with E-state index in [1.165, 1.54) is 6.20 Å². The highest BCUT2D eigenvalue weighted by Crippen LogP contribution is 2.30. The minimum absolute atomic E-state index is 0.259. The zero-order valence-electron chi connectivity index (χ0n) is 15.3. The number of halogens is 2. The predicted octanol–water partition coefficient (Wildman–Crippen LogP) is 4.38. The molecule has 2 N–H and O–H groups in total. The van der Waals surface area contributed by atoms with Gasteiger partial charge in [0.2, 0.25) is 0 Å². The number of carbonyl (C=O) groups is 2. The smallest absolute Gasteiger partial charge is 0.338 e. The van der Waals surface area contributed by atoms with Gasteiger partial charge >= 0.3 is 5.97 Å². The van der Waals surface area contributed by atoms with Crippen molar-refractivity contribution < 1.29 is 28.2 Å². The highest BCUT2D eigenvalue weighted by atomic mass is 19.1. The molecule has 3 aromatic rings. The molecule has 0 aliphatic rings. The van der Waals surface area contributed by atoms with Crippen molar-refractivity contribution in [2.24, 2.45) is 0 Å². The molecule has 2 aromatic carbocycles. The molecule has 6 nitrogen and oxygen atoms in total. The van der Waals surface area contributed by atoms with Crippen LogP contribution >= 0.6 is 0 Å². The van der Waals surface area contributed by atoms with Crippen LogP contribution in [-0.2, 0) is 0 Å². The molecule has 1 heterocycles. The number of hydrogen-bond donors (Lipinski definition) is 2. The molecule has 0 spiro atoms. The largest absolute Gasteiger partial charge is 0.494 e. The van der Waals surface area contributed by atoms with E-state index in [0.717, 1.165) is 24.4 Å². The molecular formula is C21H16F2N2O4. The SMILES string of the molecule is CCOc1cccc(-c2cc(F)c(NC(=O)c3ccncc3C(=O)O)c(F)c2)c1. The number of pyridine rings is 1. The van der Waals surface area contributed by atoms with Crippen molar-refractivity contribution in [1.82, 2.24) is 4.98 Å². The van der Waals surface area contributed by atoms with Crippen molar-refractivity contribution in [3.63, 3.8) is 0 Å². The Hall–Kier alpha value is -3.81. The quantitative estimate of drug-likeness (QED) is 0.644. The van der Waals surface area contributed by atoms with Crippen LogP contribution in [0.3, 0.4) is 0 Å². The molecule has 0 bridgehead atoms. The standard InChI is InChI=1S/C21H16F2N2O4/c1-2-29-14-5-3-4-12(8-14)13-9-17(22)19(18(23)10-13)25-20(26)15-6-7-24-11-16(15)21(27)28/h3-11H,2H2,1H3,(H,25,26)(H,27,28). The first-order valence-electron chi connectivity index (χ1n) is 8.61. The molecule has 0 aliphatic carbocycles. The van der Waals surface area contributed by atoms with Gasteiger partial charge in [-0.1, -0.05) is 12.1 Å². The number of carboxylic acids is 1. The van der Waals surface area contributed by atoms with Gasteiger partial charge in [-0.05, 0) is 48.4 Å². The normalized spacial score (nSPS) is 10.4. The van der Waals surface area contributed by atoms with E-state index in [1.807, 2.05) is 6.92 Å². The van der Waals surface area contributed by atoms with Gasteiger partial charge in [0, 0.05) is 12.4 Å². The molecule has 1 aromatic heterocycles. The predicted molar refractivity (Wildman–Crippen MR) is 102 cm³/mol. The number of nitrogens with zero attached hydrogens (tertiary/aromatic N) is 1. The summed E-state index contributed by atoms with van der Waals surface area (Å²) in [5.41, 5.74) is -0.522. The summed E-state index contributed by atoms with van der Waals surface area (Å²) < 4.78 is 34.5. The van der Waals surface area contributed by atoms with Crippen LogP contribution in [0.2, 0.25) is 0 Å². The van der Waals surface area contributed by atoms with Crippen molar-refractivity contribution in [1.29, 1.82) is 0 Å². The summed E-state index contributed by atoms with van der Waals surface area (Å²) in [7, 11) is 0. The lowest BCUT2D eigenvalue weighted by molar-refractivity contribution is 0.0692. The molecule has 0 unspecified atom stereocenters. The molecular weight excluding hydrogens is 382 g/mol. The van der Waals surface area contributed by atoms with E-state index in [4.69, 9.17) is 9.84 Å². The molecule has 0 aliphatic heterocycles. The molecule has 0 saturated carbocycles. The molecule has 1 amide bonds. The highest BCUT2D eigenvalue weighted by Gasteiger charge is 2.20. The number of carbonyl (C=O) groups excluding carboxylic acids is 1. The topological polar surface area (TPSA) is 88.5 Å². The lowest BCUT2D eigenvalue weighted by Crippen LogP contribution is -2.18. The Bertz CT molecular complexity index is 1060. The minimum atomic E-state index is -1.38. The van der Waals surface area contributed by atoms with Crippen molar-refractivity contribution in [2.45, 2.75) is 6.92 Å². The summed E-state index contributed by atoms with van der Waals surface area (Å²) in [4.78, 5) is 27.2. The van der Waals surface area contributed by atoms with E-state index in [1.54, 1.807) is 24.3 Å². The Morgan fingerprint density at radius 2 is 1.79 bits per heavy atom. The Morgan fingerprint density at radius 1 is 1.07 bits per heavy atom. The molecule has 0 atom stereocenters. The van der Waals surface area contributed by atoms with E-state index in [-0.39, 0.29) is 16.7 Å². The number of nitrogens with one attached hydrogen (secondary N) is 1. The van der Waals surface area contributed by atoms with E-state index in [2.05, 4.69) is 10.3 Å². The van der Waals surface area contributed by atoms with Gasteiger partial charge in [-0.25, -0.2) is 13.6 Å². The Labute approximate surface area is 164 Å². The summed E-state index contributed by atoms with van der Waals surface area (Å²) in [5.74, 6) is -3.79. The van der Waals surface area contributed by atoms with Crippen molar-refractivity contribution in [2.75, 3.05) is 11.9 Å². The van der Waals surface area contributed by atoms with Gasteiger partial charge in [0.15, 0.2) is 0 Å². The van der Waals surface area contributed by atoms with Crippen molar-refractivity contribution in [3.05, 3.63) is 77.6 Å². The first kappa shape index (κ1) is 19.9. The van der Waals surface area contributed by atoms with Crippen LogP contribution in [-0.4, -0.2) is 28.6 Å². The maximum absolute atomic E-state index is 14.6. The van der Waals surface area contributed by atoms with Crippen LogP contribution in [0.5, 0.6) is 5.75 Å². The minimum Gasteiger partial charge on any atom is -0.494 e. The summed E-state index contributed by atoms with van der Waals surface area (Å²) in [6.07, 6.45) is 2.20. The number of aromatic nitrogens is 1. The fourth-order valence-corrected chi connectivity index (χ4v) is 2.74. The summed E-state index contributed by atoms with van der Waals surface area (Å²) in [6.45, 7) is 2.27. The number of aromatic carboxylic acids is 1. The second kappa shape index (κ2) is 8.47. The van der Waals surface area contributed by atoms with E-state index >= 15 is 0 Å². The number of anilines is 1. The van der Waals surface area contributed by atoms with Crippen LogP contribution in [0.4, 0.5) is 14.5 Å². The lowest BCUT2D eigenvalue weighted by atomic mass is 10.0. The van der Waals surface area contributed by atoms with Crippen molar-refractivity contribution >= 4 is 17.6 Å². The van der Waals surface area contributed by atoms with Crippen LogP contribution in [0.25, 0.3) is 11.1 Å². The zero-order chi connectivity index (χ0) is 21.0. The van der Waals surface area contributed by atoms with Gasteiger partial charge in [0.05, 0.1) is 17.7 Å². The van der Waals surface area contributed by atoms with Gasteiger partial charge in [-0.3, -0.25) is 9.78 Å². The zero-order valence-corrected chi connectivity index (χ0v) is 15.3. The number of hydrogen-bond acceptors (Lipinski definition) is 4. The maximum atomic E-state index is 14.6. The molecule has 0 fully saturated rings. The van der Waals surface area contributed by atoms with Crippen LogP contribution in [0.1, 0.15) is 27.6 Å². The average Bonchev–Trinajstić information content (AvgIpc) is 2.71. The number of amides is 1. The number of ether oxygens (including phenoxy) is 1. The third kappa shape index (κ3) is 4.37. The molecule has 3 rings (SSSR count). The van der Waals surface area contributed by atoms with E-state index in [0.29, 0.717) is 17.9 Å². The molecule has 148 valence electrons. The molecule has 0 radical (unpaired) electrons.